The first kappa shape index (κ1) is 14.9. The van der Waals surface area contributed by atoms with E-state index >= 15 is 0 Å². The summed E-state index contributed by atoms with van der Waals surface area (Å²) < 4.78 is 15.2. The van der Waals surface area contributed by atoms with E-state index in [4.69, 9.17) is 0 Å². The van der Waals surface area contributed by atoms with Gasteiger partial charge in [0.1, 0.15) is 5.82 Å². The summed E-state index contributed by atoms with van der Waals surface area (Å²) in [4.78, 5) is 0. The second-order valence-electron chi connectivity index (χ2n) is 4.21. The molecule has 0 heterocycles. The van der Waals surface area contributed by atoms with Crippen LogP contribution >= 0.6 is 38.5 Å². The Morgan fingerprint density at radius 3 is 2.47 bits per heavy atom. The predicted molar refractivity (Wildman–Crippen MR) is 88.8 cm³/mol. The van der Waals surface area contributed by atoms with Gasteiger partial charge >= 0.3 is 0 Å². The number of hydrogen-bond donors (Lipinski definition) is 1. The minimum atomic E-state index is -0.195. The number of hydrogen-bond acceptors (Lipinski definition) is 1. The van der Waals surface area contributed by atoms with Gasteiger partial charge in [0.05, 0.1) is 6.04 Å². The average Bonchev–Trinajstić information content (AvgIpc) is 2.38. The van der Waals surface area contributed by atoms with Crippen LogP contribution in [0.5, 0.6) is 0 Å². The van der Waals surface area contributed by atoms with E-state index in [1.54, 1.807) is 6.07 Å². The fourth-order valence-corrected chi connectivity index (χ4v) is 3.06. The van der Waals surface area contributed by atoms with Gasteiger partial charge in [0.15, 0.2) is 0 Å². The Balaban J connectivity index is 2.41. The van der Waals surface area contributed by atoms with E-state index in [1.807, 2.05) is 18.2 Å². The normalized spacial score (nSPS) is 12.4. The molecule has 0 saturated carbocycles. The number of nitrogens with one attached hydrogen (secondary N) is 1. The molecule has 1 unspecified atom stereocenters. The molecule has 1 nitrogen and oxygen atoms in total. The van der Waals surface area contributed by atoms with Crippen molar-refractivity contribution in [3.05, 3.63) is 67.5 Å². The molecule has 0 radical (unpaired) electrons. The largest absolute Gasteiger partial charge is 0.306 e. The number of rotatable bonds is 4. The molecule has 0 saturated heterocycles. The van der Waals surface area contributed by atoms with Gasteiger partial charge in [0.25, 0.3) is 0 Å². The SMILES string of the molecule is CCNC(c1ccc(Br)cc1)c1ccc(F)cc1I. The quantitative estimate of drug-likeness (QED) is 0.676. The van der Waals surface area contributed by atoms with E-state index in [0.717, 1.165) is 20.2 Å². The van der Waals surface area contributed by atoms with E-state index in [0.29, 0.717) is 0 Å². The summed E-state index contributed by atoms with van der Waals surface area (Å²) in [6.45, 7) is 2.93. The molecule has 0 bridgehead atoms. The molecule has 0 amide bonds. The zero-order valence-corrected chi connectivity index (χ0v) is 14.2. The average molecular weight is 434 g/mol. The molecule has 0 fully saturated rings. The van der Waals surface area contributed by atoms with Crippen LogP contribution in [0.1, 0.15) is 24.1 Å². The van der Waals surface area contributed by atoms with Gasteiger partial charge in [-0.3, -0.25) is 0 Å². The standard InChI is InChI=1S/C15H14BrFIN/c1-2-19-15(10-3-5-11(16)6-4-10)13-8-7-12(17)9-14(13)18/h3-9,15,19H,2H2,1H3. The van der Waals surface area contributed by atoms with Gasteiger partial charge in [0.2, 0.25) is 0 Å². The maximum atomic E-state index is 13.2. The molecule has 2 aromatic rings. The van der Waals surface area contributed by atoms with Crippen molar-refractivity contribution in [3.8, 4) is 0 Å². The van der Waals surface area contributed by atoms with Crippen molar-refractivity contribution in [3.63, 3.8) is 0 Å². The van der Waals surface area contributed by atoms with Gasteiger partial charge < -0.3 is 5.32 Å². The van der Waals surface area contributed by atoms with E-state index in [-0.39, 0.29) is 11.9 Å². The Hall–Kier alpha value is -0.460. The van der Waals surface area contributed by atoms with Crippen molar-refractivity contribution in [2.75, 3.05) is 6.54 Å². The fourth-order valence-electron chi connectivity index (χ4n) is 2.00. The second kappa shape index (κ2) is 6.81. The summed E-state index contributed by atoms with van der Waals surface area (Å²) >= 11 is 5.63. The molecule has 100 valence electrons. The van der Waals surface area contributed by atoms with E-state index < -0.39 is 0 Å². The molecule has 0 aliphatic rings. The second-order valence-corrected chi connectivity index (χ2v) is 6.29. The summed E-state index contributed by atoms with van der Waals surface area (Å²) in [6.07, 6.45) is 0. The molecule has 2 rings (SSSR count). The smallest absolute Gasteiger partial charge is 0.124 e. The van der Waals surface area contributed by atoms with Gasteiger partial charge in [-0.15, -0.1) is 0 Å². The first-order valence-corrected chi connectivity index (χ1v) is 7.92. The predicted octanol–water partition coefficient (Wildman–Crippen LogP) is 4.89. The lowest BCUT2D eigenvalue weighted by atomic mass is 9.99. The van der Waals surface area contributed by atoms with Crippen LogP contribution < -0.4 is 5.32 Å². The lowest BCUT2D eigenvalue weighted by molar-refractivity contribution is 0.610. The third-order valence-corrected chi connectivity index (χ3v) is 4.35. The molecule has 4 heteroatoms. The van der Waals surface area contributed by atoms with Crippen LogP contribution in [0.2, 0.25) is 0 Å². The molecular weight excluding hydrogens is 420 g/mol. The first-order chi connectivity index (χ1) is 9.11. The van der Waals surface area contributed by atoms with Crippen molar-refractivity contribution in [2.24, 2.45) is 0 Å². The van der Waals surface area contributed by atoms with Gasteiger partial charge in [-0.25, -0.2) is 4.39 Å². The molecule has 2 aromatic carbocycles. The van der Waals surface area contributed by atoms with Crippen molar-refractivity contribution >= 4 is 38.5 Å². The van der Waals surface area contributed by atoms with E-state index in [2.05, 4.69) is 62.9 Å². The zero-order valence-electron chi connectivity index (χ0n) is 10.5. The van der Waals surface area contributed by atoms with Crippen LogP contribution in [0.3, 0.4) is 0 Å². The highest BCUT2D eigenvalue weighted by Gasteiger charge is 2.16. The van der Waals surface area contributed by atoms with Gasteiger partial charge in [-0.1, -0.05) is 41.1 Å². The molecule has 0 spiro atoms. The van der Waals surface area contributed by atoms with Gasteiger partial charge in [0, 0.05) is 8.04 Å². The molecule has 0 aliphatic heterocycles. The summed E-state index contributed by atoms with van der Waals surface area (Å²) in [5.74, 6) is -0.195. The van der Waals surface area contributed by atoms with Crippen LogP contribution in [-0.2, 0) is 0 Å². The highest BCUT2D eigenvalue weighted by Crippen LogP contribution is 2.27. The monoisotopic (exact) mass is 433 g/mol. The molecule has 0 aliphatic carbocycles. The zero-order chi connectivity index (χ0) is 13.8. The van der Waals surface area contributed by atoms with Crippen molar-refractivity contribution in [2.45, 2.75) is 13.0 Å². The molecule has 19 heavy (non-hydrogen) atoms. The fraction of sp³-hybridized carbons (Fsp3) is 0.200. The van der Waals surface area contributed by atoms with Crippen molar-refractivity contribution in [1.29, 1.82) is 0 Å². The molecular formula is C15H14BrFIN. The van der Waals surface area contributed by atoms with Crippen LogP contribution in [0.4, 0.5) is 4.39 Å². The summed E-state index contributed by atoms with van der Waals surface area (Å²) in [5.41, 5.74) is 2.28. The Kier molecular flexibility index (Phi) is 5.36. The summed E-state index contributed by atoms with van der Waals surface area (Å²) in [7, 11) is 0. The third-order valence-electron chi connectivity index (χ3n) is 2.89. The highest BCUT2D eigenvalue weighted by atomic mass is 127. The van der Waals surface area contributed by atoms with E-state index in [1.165, 1.54) is 11.6 Å². The molecule has 0 aromatic heterocycles. The number of halogens is 3. The molecule has 1 N–H and O–H groups in total. The maximum absolute atomic E-state index is 13.2. The number of benzene rings is 2. The lowest BCUT2D eigenvalue weighted by Gasteiger charge is -2.20. The topological polar surface area (TPSA) is 12.0 Å². The highest BCUT2D eigenvalue weighted by molar-refractivity contribution is 14.1. The van der Waals surface area contributed by atoms with Gasteiger partial charge in [-0.05, 0) is 64.5 Å². The van der Waals surface area contributed by atoms with E-state index in [9.17, 15) is 4.39 Å². The molecule has 1 atom stereocenters. The third kappa shape index (κ3) is 3.77. The van der Waals surface area contributed by atoms with Crippen molar-refractivity contribution < 1.29 is 4.39 Å². The van der Waals surface area contributed by atoms with Crippen LogP contribution in [0.15, 0.2) is 46.9 Å². The minimum Gasteiger partial charge on any atom is -0.306 e. The van der Waals surface area contributed by atoms with Crippen molar-refractivity contribution in [1.82, 2.24) is 5.32 Å². The summed E-state index contributed by atoms with van der Waals surface area (Å²) in [5, 5.41) is 3.45. The maximum Gasteiger partial charge on any atom is 0.124 e. The summed E-state index contributed by atoms with van der Waals surface area (Å²) in [6, 6.07) is 13.2. The minimum absolute atomic E-state index is 0.0885. The Morgan fingerprint density at radius 2 is 1.89 bits per heavy atom. The Morgan fingerprint density at radius 1 is 1.21 bits per heavy atom. The Labute approximate surface area is 134 Å². The van der Waals surface area contributed by atoms with Crippen LogP contribution in [-0.4, -0.2) is 6.54 Å². The van der Waals surface area contributed by atoms with Crippen LogP contribution in [0, 0.1) is 9.39 Å². The van der Waals surface area contributed by atoms with Gasteiger partial charge in [-0.2, -0.15) is 0 Å². The lowest BCUT2D eigenvalue weighted by Crippen LogP contribution is -2.22. The first-order valence-electron chi connectivity index (χ1n) is 6.05. The Bertz CT molecular complexity index is 557. The van der Waals surface area contributed by atoms with Crippen LogP contribution in [0.25, 0.3) is 0 Å².